The first-order valence-electron chi connectivity index (χ1n) is 7.33. The number of aromatic carboxylic acids is 1. The van der Waals surface area contributed by atoms with Crippen LogP contribution in [0.4, 0.5) is 0 Å². The first-order valence-corrected chi connectivity index (χ1v) is 7.33. The Labute approximate surface area is 122 Å². The van der Waals surface area contributed by atoms with E-state index >= 15 is 0 Å². The van der Waals surface area contributed by atoms with Crippen molar-refractivity contribution >= 4 is 17.0 Å². The van der Waals surface area contributed by atoms with Crippen LogP contribution in [-0.4, -0.2) is 45.2 Å². The minimum absolute atomic E-state index is 0.172. The van der Waals surface area contributed by atoms with Crippen LogP contribution in [-0.2, 0) is 6.54 Å². The number of carboxylic acids is 1. The van der Waals surface area contributed by atoms with E-state index in [4.69, 9.17) is 5.11 Å². The molecule has 0 radical (unpaired) electrons. The molecule has 0 unspecified atom stereocenters. The molecule has 0 aliphatic carbocycles. The number of nitrogens with zero attached hydrogens (tertiary/aromatic N) is 2. The zero-order valence-electron chi connectivity index (χ0n) is 11.8. The quantitative estimate of drug-likeness (QED) is 0.874. The number of rotatable bonds is 5. The number of benzene rings is 1. The Kier molecular flexibility index (Phi) is 3.79. The second kappa shape index (κ2) is 5.73. The summed E-state index contributed by atoms with van der Waals surface area (Å²) in [5.74, 6) is -0.978. The Balaban J connectivity index is 1.79. The summed E-state index contributed by atoms with van der Waals surface area (Å²) < 4.78 is 1.64. The van der Waals surface area contributed by atoms with E-state index in [1.54, 1.807) is 16.7 Å². The van der Waals surface area contributed by atoms with Crippen LogP contribution >= 0.6 is 0 Å². The third-order valence-electron chi connectivity index (χ3n) is 4.08. The van der Waals surface area contributed by atoms with Gasteiger partial charge in [0.1, 0.15) is 0 Å². The van der Waals surface area contributed by atoms with E-state index in [9.17, 15) is 9.59 Å². The lowest BCUT2D eigenvalue weighted by Crippen LogP contribution is -2.24. The fraction of sp³-hybridized carbons (Fsp3) is 0.467. The summed E-state index contributed by atoms with van der Waals surface area (Å²) in [6, 6.07) is 4.72. The van der Waals surface area contributed by atoms with Gasteiger partial charge in [0.2, 0.25) is 0 Å². The highest BCUT2D eigenvalue weighted by atomic mass is 16.4. The third-order valence-corrected chi connectivity index (χ3v) is 4.08. The summed E-state index contributed by atoms with van der Waals surface area (Å²) in [6.45, 7) is 3.88. The Morgan fingerprint density at radius 1 is 1.24 bits per heavy atom. The van der Waals surface area contributed by atoms with E-state index < -0.39 is 5.97 Å². The van der Waals surface area contributed by atoms with Gasteiger partial charge in [0.15, 0.2) is 0 Å². The smallest absolute Gasteiger partial charge is 0.335 e. The molecular formula is C15H19N3O3. The van der Waals surface area contributed by atoms with E-state index in [0.29, 0.717) is 17.6 Å². The van der Waals surface area contributed by atoms with Crippen molar-refractivity contribution in [3.8, 4) is 0 Å². The van der Waals surface area contributed by atoms with Crippen molar-refractivity contribution < 1.29 is 9.90 Å². The molecule has 3 rings (SSSR count). The summed E-state index contributed by atoms with van der Waals surface area (Å²) in [4.78, 5) is 28.2. The Bertz CT molecular complexity index is 711. The van der Waals surface area contributed by atoms with Crippen molar-refractivity contribution in [2.75, 3.05) is 19.6 Å². The standard InChI is InChI=1S/C15H19N3O3/c19-14(20)11-4-5-12-13(10-11)18(15(21)16-12)9-3-8-17-6-1-2-7-17/h4-5,10H,1-3,6-9H2,(H,16,21)(H,19,20). The fourth-order valence-corrected chi connectivity index (χ4v) is 2.97. The molecule has 1 aromatic heterocycles. The van der Waals surface area contributed by atoms with Crippen molar-refractivity contribution in [2.24, 2.45) is 0 Å². The lowest BCUT2D eigenvalue weighted by molar-refractivity contribution is 0.0697. The highest BCUT2D eigenvalue weighted by Crippen LogP contribution is 2.14. The molecule has 1 aromatic carbocycles. The number of carboxylic acid groups (broad SMARTS) is 1. The predicted octanol–water partition coefficient (Wildman–Crippen LogP) is 1.51. The number of aryl methyl sites for hydroxylation is 1. The highest BCUT2D eigenvalue weighted by Gasteiger charge is 2.13. The molecular weight excluding hydrogens is 270 g/mol. The molecule has 6 heteroatoms. The molecule has 21 heavy (non-hydrogen) atoms. The molecule has 1 fully saturated rings. The topological polar surface area (TPSA) is 78.3 Å². The first-order chi connectivity index (χ1) is 10.1. The summed E-state index contributed by atoms with van der Waals surface area (Å²) in [6.07, 6.45) is 3.41. The van der Waals surface area contributed by atoms with Crippen molar-refractivity contribution in [1.82, 2.24) is 14.5 Å². The van der Waals surface area contributed by atoms with Gasteiger partial charge in [-0.3, -0.25) is 4.57 Å². The van der Waals surface area contributed by atoms with Gasteiger partial charge < -0.3 is 15.0 Å². The summed E-state index contributed by atoms with van der Waals surface area (Å²) >= 11 is 0. The van der Waals surface area contributed by atoms with E-state index in [1.807, 2.05) is 0 Å². The van der Waals surface area contributed by atoms with E-state index in [0.717, 1.165) is 26.1 Å². The molecule has 0 amide bonds. The number of likely N-dealkylation sites (tertiary alicyclic amines) is 1. The van der Waals surface area contributed by atoms with Crippen LogP contribution < -0.4 is 5.69 Å². The average Bonchev–Trinajstić information content (AvgIpc) is 3.06. The van der Waals surface area contributed by atoms with Crippen LogP contribution in [0, 0.1) is 0 Å². The monoisotopic (exact) mass is 289 g/mol. The molecule has 0 atom stereocenters. The number of hydrogen-bond acceptors (Lipinski definition) is 3. The third kappa shape index (κ3) is 2.85. The van der Waals surface area contributed by atoms with Gasteiger partial charge in [-0.1, -0.05) is 0 Å². The van der Waals surface area contributed by atoms with Crippen LogP contribution in [0.25, 0.3) is 11.0 Å². The van der Waals surface area contributed by atoms with Crippen LogP contribution in [0.1, 0.15) is 29.6 Å². The molecule has 2 aromatic rings. The fourth-order valence-electron chi connectivity index (χ4n) is 2.97. The number of fused-ring (bicyclic) bond motifs is 1. The summed E-state index contributed by atoms with van der Waals surface area (Å²) in [5.41, 5.74) is 1.39. The molecule has 1 saturated heterocycles. The number of carbonyl (C=O) groups is 1. The van der Waals surface area contributed by atoms with Gasteiger partial charge in [0.05, 0.1) is 16.6 Å². The molecule has 0 bridgehead atoms. The summed E-state index contributed by atoms with van der Waals surface area (Å²) in [5, 5.41) is 9.06. The largest absolute Gasteiger partial charge is 0.478 e. The maximum absolute atomic E-state index is 12.0. The minimum Gasteiger partial charge on any atom is -0.478 e. The van der Waals surface area contributed by atoms with Crippen LogP contribution in [0.2, 0.25) is 0 Å². The second-order valence-corrected chi connectivity index (χ2v) is 5.52. The van der Waals surface area contributed by atoms with E-state index in [1.165, 1.54) is 18.9 Å². The molecule has 0 spiro atoms. The van der Waals surface area contributed by atoms with Gasteiger partial charge in [-0.15, -0.1) is 0 Å². The van der Waals surface area contributed by atoms with Gasteiger partial charge in [-0.25, -0.2) is 9.59 Å². The average molecular weight is 289 g/mol. The zero-order chi connectivity index (χ0) is 14.8. The van der Waals surface area contributed by atoms with Crippen molar-refractivity contribution in [3.05, 3.63) is 34.2 Å². The van der Waals surface area contributed by atoms with Gasteiger partial charge >= 0.3 is 11.7 Å². The second-order valence-electron chi connectivity index (χ2n) is 5.52. The number of aromatic nitrogens is 2. The van der Waals surface area contributed by atoms with Gasteiger partial charge in [-0.05, 0) is 57.1 Å². The van der Waals surface area contributed by atoms with Crippen molar-refractivity contribution in [1.29, 1.82) is 0 Å². The van der Waals surface area contributed by atoms with E-state index in [2.05, 4.69) is 9.88 Å². The Morgan fingerprint density at radius 2 is 2.00 bits per heavy atom. The minimum atomic E-state index is -0.978. The molecule has 112 valence electrons. The number of hydrogen-bond donors (Lipinski definition) is 2. The van der Waals surface area contributed by atoms with Crippen LogP contribution in [0.5, 0.6) is 0 Å². The molecule has 2 N–H and O–H groups in total. The Hall–Kier alpha value is -2.08. The Morgan fingerprint density at radius 3 is 2.71 bits per heavy atom. The predicted molar refractivity (Wildman–Crippen MR) is 79.8 cm³/mol. The highest BCUT2D eigenvalue weighted by molar-refractivity contribution is 5.92. The number of nitrogens with one attached hydrogen (secondary N) is 1. The first kappa shape index (κ1) is 13.9. The van der Waals surface area contributed by atoms with Crippen molar-refractivity contribution in [2.45, 2.75) is 25.8 Å². The number of aromatic amines is 1. The summed E-state index contributed by atoms with van der Waals surface area (Å²) in [7, 11) is 0. The lowest BCUT2D eigenvalue weighted by atomic mass is 10.2. The SMILES string of the molecule is O=C(O)c1ccc2[nH]c(=O)n(CCCN3CCCC3)c2c1. The zero-order valence-corrected chi connectivity index (χ0v) is 11.8. The maximum atomic E-state index is 12.0. The van der Waals surface area contributed by atoms with Gasteiger partial charge in [0, 0.05) is 6.54 Å². The lowest BCUT2D eigenvalue weighted by Gasteiger charge is -2.14. The maximum Gasteiger partial charge on any atom is 0.335 e. The molecule has 2 heterocycles. The molecule has 1 aliphatic heterocycles. The molecule has 0 saturated carbocycles. The van der Waals surface area contributed by atoms with Crippen LogP contribution in [0.3, 0.4) is 0 Å². The van der Waals surface area contributed by atoms with E-state index in [-0.39, 0.29) is 11.3 Å². The molecule has 1 aliphatic rings. The van der Waals surface area contributed by atoms with Gasteiger partial charge in [-0.2, -0.15) is 0 Å². The van der Waals surface area contributed by atoms with Crippen LogP contribution in [0.15, 0.2) is 23.0 Å². The normalized spacial score (nSPS) is 15.8. The number of imidazole rings is 1. The van der Waals surface area contributed by atoms with Crippen molar-refractivity contribution in [3.63, 3.8) is 0 Å². The van der Waals surface area contributed by atoms with Gasteiger partial charge in [0.25, 0.3) is 0 Å². The number of H-pyrrole nitrogens is 1. The molecule has 6 nitrogen and oxygen atoms in total.